The third kappa shape index (κ3) is 3.67. The number of carbonyl (C=O) groups is 1. The lowest BCUT2D eigenvalue weighted by atomic mass is 10.2. The summed E-state index contributed by atoms with van der Waals surface area (Å²) in [4.78, 5) is 14.7. The topological polar surface area (TPSA) is 61.0 Å². The SMILES string of the molecule is COCCN(C)C(=O)c1cc(-c2ccn(-c3ccc(OC)cc3)n2)n2ccccc12. The highest BCUT2D eigenvalue weighted by atomic mass is 16.5. The van der Waals surface area contributed by atoms with Crippen LogP contribution in [0.15, 0.2) is 67.0 Å². The standard InChI is InChI=1S/C23H24N4O3/c1-25(14-15-29-2)23(28)19-16-22(26-12-5-4-6-21(19)26)20-11-13-27(24-20)17-7-9-18(30-3)10-8-17/h4-13,16H,14-15H2,1-3H3. The van der Waals surface area contributed by atoms with Crippen LogP contribution in [0, 0.1) is 0 Å². The summed E-state index contributed by atoms with van der Waals surface area (Å²) in [5.74, 6) is 0.751. The van der Waals surface area contributed by atoms with E-state index in [2.05, 4.69) is 0 Å². The summed E-state index contributed by atoms with van der Waals surface area (Å²) < 4.78 is 14.1. The second-order valence-corrected chi connectivity index (χ2v) is 6.96. The molecule has 0 aliphatic rings. The number of methoxy groups -OCH3 is 2. The van der Waals surface area contributed by atoms with Gasteiger partial charge in [0.2, 0.25) is 0 Å². The molecule has 1 amide bonds. The lowest BCUT2D eigenvalue weighted by molar-refractivity contribution is 0.0746. The Kier molecular flexibility index (Phi) is 5.54. The van der Waals surface area contributed by atoms with Gasteiger partial charge in [0.05, 0.1) is 36.2 Å². The van der Waals surface area contributed by atoms with E-state index in [9.17, 15) is 4.79 Å². The summed E-state index contributed by atoms with van der Waals surface area (Å²) in [6.07, 6.45) is 3.86. The molecular weight excluding hydrogens is 380 g/mol. The van der Waals surface area contributed by atoms with Gasteiger partial charge >= 0.3 is 0 Å². The summed E-state index contributed by atoms with van der Waals surface area (Å²) in [6.45, 7) is 1.02. The van der Waals surface area contributed by atoms with E-state index in [-0.39, 0.29) is 5.91 Å². The fourth-order valence-corrected chi connectivity index (χ4v) is 3.40. The van der Waals surface area contributed by atoms with Crippen molar-refractivity contribution in [3.8, 4) is 22.8 Å². The number of amides is 1. The second-order valence-electron chi connectivity index (χ2n) is 6.96. The zero-order chi connectivity index (χ0) is 21.1. The first-order chi connectivity index (χ1) is 14.6. The van der Waals surface area contributed by atoms with Gasteiger partial charge in [-0.15, -0.1) is 0 Å². The molecule has 1 aromatic carbocycles. The van der Waals surface area contributed by atoms with E-state index in [0.29, 0.717) is 18.7 Å². The first kappa shape index (κ1) is 19.7. The van der Waals surface area contributed by atoms with Crippen molar-refractivity contribution in [1.82, 2.24) is 19.1 Å². The molecule has 0 aliphatic heterocycles. The molecule has 154 valence electrons. The van der Waals surface area contributed by atoms with Gasteiger partial charge in [0.25, 0.3) is 5.91 Å². The van der Waals surface area contributed by atoms with Crippen molar-refractivity contribution in [2.75, 3.05) is 34.4 Å². The van der Waals surface area contributed by atoms with Gasteiger partial charge in [-0.05, 0) is 48.5 Å². The zero-order valence-electron chi connectivity index (χ0n) is 17.3. The van der Waals surface area contributed by atoms with Gasteiger partial charge < -0.3 is 18.8 Å². The number of nitrogens with zero attached hydrogens (tertiary/aromatic N) is 4. The molecule has 0 radical (unpaired) electrons. The van der Waals surface area contributed by atoms with E-state index in [1.165, 1.54) is 0 Å². The van der Waals surface area contributed by atoms with Crippen LogP contribution in [0.1, 0.15) is 10.4 Å². The first-order valence-electron chi connectivity index (χ1n) is 9.67. The van der Waals surface area contributed by atoms with Gasteiger partial charge in [0.15, 0.2) is 0 Å². The average Bonchev–Trinajstić information content (AvgIpc) is 3.42. The van der Waals surface area contributed by atoms with E-state index in [1.54, 1.807) is 26.2 Å². The molecule has 3 heterocycles. The lowest BCUT2D eigenvalue weighted by Gasteiger charge is -2.16. The summed E-state index contributed by atoms with van der Waals surface area (Å²) in [5.41, 5.74) is 4.06. The smallest absolute Gasteiger partial charge is 0.255 e. The van der Waals surface area contributed by atoms with Gasteiger partial charge in [-0.1, -0.05) is 6.07 Å². The molecule has 0 fully saturated rings. The number of likely N-dealkylation sites (N-methyl/N-ethyl adjacent to an activating group) is 1. The molecule has 30 heavy (non-hydrogen) atoms. The van der Waals surface area contributed by atoms with Crippen LogP contribution < -0.4 is 4.74 Å². The Labute approximate surface area is 175 Å². The van der Waals surface area contributed by atoms with E-state index in [4.69, 9.17) is 14.6 Å². The fourth-order valence-electron chi connectivity index (χ4n) is 3.40. The van der Waals surface area contributed by atoms with Gasteiger partial charge in [-0.2, -0.15) is 5.10 Å². The monoisotopic (exact) mass is 404 g/mol. The van der Waals surface area contributed by atoms with Crippen LogP contribution in [0.25, 0.3) is 22.6 Å². The number of pyridine rings is 1. The van der Waals surface area contributed by atoms with Crippen LogP contribution in [-0.4, -0.2) is 59.4 Å². The number of fused-ring (bicyclic) bond motifs is 1. The third-order valence-electron chi connectivity index (χ3n) is 5.07. The maximum Gasteiger partial charge on any atom is 0.255 e. The fraction of sp³-hybridized carbons (Fsp3) is 0.217. The summed E-state index contributed by atoms with van der Waals surface area (Å²) in [6, 6.07) is 17.4. The van der Waals surface area contributed by atoms with E-state index in [1.807, 2.05) is 76.1 Å². The summed E-state index contributed by atoms with van der Waals surface area (Å²) >= 11 is 0. The highest BCUT2D eigenvalue weighted by Gasteiger charge is 2.20. The quantitative estimate of drug-likeness (QED) is 0.473. The van der Waals surface area contributed by atoms with Crippen molar-refractivity contribution in [3.05, 3.63) is 72.6 Å². The maximum atomic E-state index is 13.0. The van der Waals surface area contributed by atoms with Gasteiger partial charge in [-0.3, -0.25) is 4.79 Å². The first-order valence-corrected chi connectivity index (χ1v) is 9.67. The highest BCUT2D eigenvalue weighted by molar-refractivity contribution is 6.02. The summed E-state index contributed by atoms with van der Waals surface area (Å²) in [7, 11) is 5.06. The van der Waals surface area contributed by atoms with Crippen molar-refractivity contribution in [3.63, 3.8) is 0 Å². The van der Waals surface area contributed by atoms with E-state index < -0.39 is 0 Å². The number of hydrogen-bond donors (Lipinski definition) is 0. The van der Waals surface area contributed by atoms with Crippen molar-refractivity contribution in [1.29, 1.82) is 0 Å². The molecule has 0 spiro atoms. The molecule has 3 aromatic heterocycles. The van der Waals surface area contributed by atoms with Crippen LogP contribution in [-0.2, 0) is 4.74 Å². The minimum atomic E-state index is -0.0448. The normalized spacial score (nSPS) is 11.0. The Morgan fingerprint density at radius 2 is 1.87 bits per heavy atom. The molecule has 0 N–H and O–H groups in total. The van der Waals surface area contributed by atoms with Gasteiger partial charge in [0, 0.05) is 33.1 Å². The van der Waals surface area contributed by atoms with Crippen LogP contribution in [0.4, 0.5) is 0 Å². The Bertz CT molecular complexity index is 1160. The largest absolute Gasteiger partial charge is 0.497 e. The van der Waals surface area contributed by atoms with Gasteiger partial charge in [-0.25, -0.2) is 4.68 Å². The predicted octanol–water partition coefficient (Wildman–Crippen LogP) is 3.52. The minimum absolute atomic E-state index is 0.0448. The number of aromatic nitrogens is 3. The highest BCUT2D eigenvalue weighted by Crippen LogP contribution is 2.27. The van der Waals surface area contributed by atoms with Crippen LogP contribution in [0.5, 0.6) is 5.75 Å². The Balaban J connectivity index is 1.71. The Hall–Kier alpha value is -3.58. The van der Waals surface area contributed by atoms with Crippen molar-refractivity contribution in [2.24, 2.45) is 0 Å². The molecule has 0 unspecified atom stereocenters. The average molecular weight is 404 g/mol. The number of ether oxygens (including phenoxy) is 2. The molecular formula is C23H24N4O3. The molecule has 0 aliphatic carbocycles. The maximum absolute atomic E-state index is 13.0. The third-order valence-corrected chi connectivity index (χ3v) is 5.07. The molecule has 4 rings (SSSR count). The van der Waals surface area contributed by atoms with E-state index in [0.717, 1.165) is 28.3 Å². The van der Waals surface area contributed by atoms with Crippen LogP contribution >= 0.6 is 0 Å². The number of benzene rings is 1. The van der Waals surface area contributed by atoms with Crippen LogP contribution in [0.2, 0.25) is 0 Å². The molecule has 4 aromatic rings. The van der Waals surface area contributed by atoms with Crippen molar-refractivity contribution < 1.29 is 14.3 Å². The Morgan fingerprint density at radius 1 is 1.07 bits per heavy atom. The predicted molar refractivity (Wildman–Crippen MR) is 115 cm³/mol. The molecule has 7 nitrogen and oxygen atoms in total. The zero-order valence-corrected chi connectivity index (χ0v) is 17.3. The van der Waals surface area contributed by atoms with Crippen molar-refractivity contribution >= 4 is 11.4 Å². The van der Waals surface area contributed by atoms with Crippen molar-refractivity contribution in [2.45, 2.75) is 0 Å². The molecule has 0 bridgehead atoms. The molecule has 7 heteroatoms. The minimum Gasteiger partial charge on any atom is -0.497 e. The molecule has 0 atom stereocenters. The second kappa shape index (κ2) is 8.42. The number of rotatable bonds is 7. The molecule has 0 saturated carbocycles. The number of hydrogen-bond acceptors (Lipinski definition) is 4. The number of carbonyl (C=O) groups excluding carboxylic acids is 1. The summed E-state index contributed by atoms with van der Waals surface area (Å²) in [5, 5.41) is 4.73. The van der Waals surface area contributed by atoms with Gasteiger partial charge in [0.1, 0.15) is 11.4 Å². The lowest BCUT2D eigenvalue weighted by Crippen LogP contribution is -2.29. The molecule has 0 saturated heterocycles. The van der Waals surface area contributed by atoms with Crippen LogP contribution in [0.3, 0.4) is 0 Å². The Morgan fingerprint density at radius 3 is 2.60 bits per heavy atom. The van der Waals surface area contributed by atoms with E-state index >= 15 is 0 Å².